The first kappa shape index (κ1) is 16.3. The van der Waals surface area contributed by atoms with Crippen LogP contribution in [0.1, 0.15) is 37.5 Å². The SMILES string of the molecule is CC(C)(C)C(=Cc1ccc2cc(C#N)c(C#N)cc2c1)C(=O)O. The Morgan fingerprint density at radius 1 is 1.04 bits per heavy atom. The van der Waals surface area contributed by atoms with E-state index in [1.165, 1.54) is 0 Å². The van der Waals surface area contributed by atoms with Gasteiger partial charge in [0.1, 0.15) is 12.1 Å². The minimum absolute atomic E-state index is 0.311. The van der Waals surface area contributed by atoms with Crippen LogP contribution in [0, 0.1) is 28.1 Å². The number of carboxylic acid groups (broad SMARTS) is 1. The van der Waals surface area contributed by atoms with Crippen molar-refractivity contribution in [3.05, 3.63) is 52.6 Å². The third kappa shape index (κ3) is 3.39. The lowest BCUT2D eigenvalue weighted by Gasteiger charge is -2.19. The van der Waals surface area contributed by atoms with Gasteiger partial charge in [0.2, 0.25) is 0 Å². The summed E-state index contributed by atoms with van der Waals surface area (Å²) in [7, 11) is 0. The molecule has 0 aliphatic rings. The molecule has 1 N–H and O–H groups in total. The molecule has 0 radical (unpaired) electrons. The van der Waals surface area contributed by atoms with E-state index in [1.807, 2.05) is 51.1 Å². The summed E-state index contributed by atoms with van der Waals surface area (Å²) in [6.45, 7) is 5.54. The molecule has 0 atom stereocenters. The molecule has 2 aromatic rings. The van der Waals surface area contributed by atoms with Crippen LogP contribution in [0.5, 0.6) is 0 Å². The average Bonchev–Trinajstić information content (AvgIpc) is 2.49. The van der Waals surface area contributed by atoms with Crippen LogP contribution in [-0.2, 0) is 4.79 Å². The van der Waals surface area contributed by atoms with Gasteiger partial charge in [-0.15, -0.1) is 0 Å². The van der Waals surface area contributed by atoms with E-state index in [2.05, 4.69) is 0 Å². The first-order valence-electron chi connectivity index (χ1n) is 7.10. The minimum atomic E-state index is -0.949. The minimum Gasteiger partial charge on any atom is -0.478 e. The topological polar surface area (TPSA) is 84.9 Å². The third-order valence-electron chi connectivity index (χ3n) is 3.59. The van der Waals surface area contributed by atoms with E-state index in [9.17, 15) is 9.90 Å². The maximum atomic E-state index is 11.5. The zero-order valence-electron chi connectivity index (χ0n) is 13.2. The van der Waals surface area contributed by atoms with Crippen LogP contribution < -0.4 is 0 Å². The lowest BCUT2D eigenvalue weighted by Crippen LogP contribution is -2.17. The Kier molecular flexibility index (Phi) is 4.20. The Balaban J connectivity index is 2.63. The molecule has 2 rings (SSSR count). The monoisotopic (exact) mass is 304 g/mol. The molecule has 0 aliphatic heterocycles. The Morgan fingerprint density at radius 2 is 1.61 bits per heavy atom. The molecule has 0 unspecified atom stereocenters. The number of fused-ring (bicyclic) bond motifs is 1. The van der Waals surface area contributed by atoms with Gasteiger partial charge in [0.25, 0.3) is 0 Å². The maximum Gasteiger partial charge on any atom is 0.332 e. The van der Waals surface area contributed by atoms with Crippen molar-refractivity contribution in [1.82, 2.24) is 0 Å². The van der Waals surface area contributed by atoms with Gasteiger partial charge in [-0.1, -0.05) is 32.9 Å². The summed E-state index contributed by atoms with van der Waals surface area (Å²) in [5.74, 6) is -0.949. The highest BCUT2D eigenvalue weighted by molar-refractivity contribution is 5.95. The number of rotatable bonds is 2. The number of carboxylic acids is 1. The predicted molar refractivity (Wildman–Crippen MR) is 88.4 cm³/mol. The van der Waals surface area contributed by atoms with Crippen molar-refractivity contribution in [2.24, 2.45) is 5.41 Å². The van der Waals surface area contributed by atoms with Crippen molar-refractivity contribution in [2.45, 2.75) is 20.8 Å². The predicted octanol–water partition coefficient (Wildman–Crippen LogP) is 4.10. The second kappa shape index (κ2) is 5.94. The fraction of sp³-hybridized carbons (Fsp3) is 0.211. The van der Waals surface area contributed by atoms with Crippen molar-refractivity contribution < 1.29 is 9.90 Å². The summed E-state index contributed by atoms with van der Waals surface area (Å²) in [4.78, 5) is 11.5. The first-order valence-corrected chi connectivity index (χ1v) is 7.10. The molecule has 114 valence electrons. The van der Waals surface area contributed by atoms with Crippen LogP contribution in [0.4, 0.5) is 0 Å². The molecule has 2 aromatic carbocycles. The fourth-order valence-electron chi connectivity index (χ4n) is 2.36. The summed E-state index contributed by atoms with van der Waals surface area (Å²) in [5, 5.41) is 29.2. The van der Waals surface area contributed by atoms with Gasteiger partial charge in [-0.2, -0.15) is 10.5 Å². The van der Waals surface area contributed by atoms with Gasteiger partial charge >= 0.3 is 5.97 Å². The number of nitriles is 2. The van der Waals surface area contributed by atoms with E-state index in [-0.39, 0.29) is 0 Å². The molecule has 4 nitrogen and oxygen atoms in total. The molecule has 4 heteroatoms. The molecule has 0 bridgehead atoms. The Morgan fingerprint density at radius 3 is 2.09 bits per heavy atom. The molecule has 0 heterocycles. The number of aliphatic carboxylic acids is 1. The smallest absolute Gasteiger partial charge is 0.332 e. The highest BCUT2D eigenvalue weighted by Gasteiger charge is 2.23. The van der Waals surface area contributed by atoms with Gasteiger partial charge in [0.05, 0.1) is 11.1 Å². The summed E-state index contributed by atoms with van der Waals surface area (Å²) in [6.07, 6.45) is 1.64. The van der Waals surface area contributed by atoms with Crippen molar-refractivity contribution in [3.63, 3.8) is 0 Å². The lowest BCUT2D eigenvalue weighted by molar-refractivity contribution is -0.133. The van der Waals surface area contributed by atoms with Crippen LogP contribution in [0.15, 0.2) is 35.9 Å². The van der Waals surface area contributed by atoms with E-state index in [1.54, 1.807) is 18.2 Å². The highest BCUT2D eigenvalue weighted by Crippen LogP contribution is 2.29. The Labute approximate surface area is 134 Å². The molecule has 0 aromatic heterocycles. The van der Waals surface area contributed by atoms with E-state index >= 15 is 0 Å². The Bertz CT molecular complexity index is 904. The molecule has 0 fully saturated rings. The quantitative estimate of drug-likeness (QED) is 0.846. The van der Waals surface area contributed by atoms with Gasteiger partial charge in [-0.25, -0.2) is 4.79 Å². The van der Waals surface area contributed by atoms with Crippen LogP contribution in [-0.4, -0.2) is 11.1 Å². The molecule has 0 saturated carbocycles. The summed E-state index contributed by atoms with van der Waals surface area (Å²) in [6, 6.07) is 12.8. The zero-order chi connectivity index (χ0) is 17.2. The van der Waals surface area contributed by atoms with Crippen molar-refractivity contribution in [2.75, 3.05) is 0 Å². The highest BCUT2D eigenvalue weighted by atomic mass is 16.4. The number of hydrogen-bond acceptors (Lipinski definition) is 3. The molecule has 0 aliphatic carbocycles. The average molecular weight is 304 g/mol. The molecular weight excluding hydrogens is 288 g/mol. The van der Waals surface area contributed by atoms with Crippen molar-refractivity contribution >= 4 is 22.8 Å². The lowest BCUT2D eigenvalue weighted by atomic mass is 9.85. The second-order valence-electron chi connectivity index (χ2n) is 6.34. The summed E-state index contributed by atoms with van der Waals surface area (Å²) >= 11 is 0. The third-order valence-corrected chi connectivity index (χ3v) is 3.59. The molecule has 0 spiro atoms. The molecule has 23 heavy (non-hydrogen) atoms. The van der Waals surface area contributed by atoms with Gasteiger partial charge in [-0.05, 0) is 46.0 Å². The summed E-state index contributed by atoms with van der Waals surface area (Å²) < 4.78 is 0. The summed E-state index contributed by atoms with van der Waals surface area (Å²) in [5.41, 5.74) is 1.23. The molecule has 0 amide bonds. The van der Waals surface area contributed by atoms with E-state index in [4.69, 9.17) is 10.5 Å². The standard InChI is InChI=1S/C19H16N2O2/c1-19(2,3)17(18(22)23)7-12-4-5-13-8-15(10-20)16(11-21)9-14(13)6-12/h4-9H,1-3H3,(H,22,23). The van der Waals surface area contributed by atoms with Crippen molar-refractivity contribution in [3.8, 4) is 12.1 Å². The van der Waals surface area contributed by atoms with Gasteiger partial charge in [-0.3, -0.25) is 0 Å². The van der Waals surface area contributed by atoms with Crippen LogP contribution in [0.25, 0.3) is 16.8 Å². The van der Waals surface area contributed by atoms with E-state index < -0.39 is 11.4 Å². The van der Waals surface area contributed by atoms with Gasteiger partial charge in [0, 0.05) is 5.57 Å². The van der Waals surface area contributed by atoms with Crippen LogP contribution in [0.3, 0.4) is 0 Å². The first-order chi connectivity index (χ1) is 10.8. The van der Waals surface area contributed by atoms with E-state index in [0.29, 0.717) is 16.7 Å². The normalized spacial score (nSPS) is 11.8. The van der Waals surface area contributed by atoms with E-state index in [0.717, 1.165) is 16.3 Å². The second-order valence-corrected chi connectivity index (χ2v) is 6.34. The maximum absolute atomic E-state index is 11.5. The Hall–Kier alpha value is -3.11. The largest absolute Gasteiger partial charge is 0.478 e. The van der Waals surface area contributed by atoms with Gasteiger partial charge < -0.3 is 5.11 Å². The van der Waals surface area contributed by atoms with Crippen LogP contribution >= 0.6 is 0 Å². The van der Waals surface area contributed by atoms with Gasteiger partial charge in [0.15, 0.2) is 0 Å². The molecule has 0 saturated heterocycles. The number of nitrogens with zero attached hydrogens (tertiary/aromatic N) is 2. The number of carbonyl (C=O) groups is 1. The number of hydrogen-bond donors (Lipinski definition) is 1. The van der Waals surface area contributed by atoms with Crippen LogP contribution in [0.2, 0.25) is 0 Å². The fourth-order valence-corrected chi connectivity index (χ4v) is 2.36. The zero-order valence-corrected chi connectivity index (χ0v) is 13.2. The number of benzene rings is 2. The van der Waals surface area contributed by atoms with Crippen molar-refractivity contribution in [1.29, 1.82) is 10.5 Å². The molecular formula is C19H16N2O2.